The molecule has 1 aliphatic carbocycles. The first-order chi connectivity index (χ1) is 16.4. The van der Waals surface area contributed by atoms with Crippen molar-refractivity contribution in [1.82, 2.24) is 14.8 Å². The second kappa shape index (κ2) is 8.95. The molecular weight excluding hydrogens is 444 g/mol. The molecule has 2 aromatic carbocycles. The number of fused-ring (bicyclic) bond motifs is 1. The van der Waals surface area contributed by atoms with Gasteiger partial charge in [-0.15, -0.1) is 5.10 Å². The highest BCUT2D eigenvalue weighted by atomic mass is 32.2. The molecule has 1 unspecified atom stereocenters. The minimum Gasteiger partial charge on any atom is -0.494 e. The van der Waals surface area contributed by atoms with Crippen LogP contribution in [-0.4, -0.2) is 27.2 Å². The quantitative estimate of drug-likeness (QED) is 0.446. The molecule has 1 N–H and O–H groups in total. The van der Waals surface area contributed by atoms with Crippen LogP contribution in [0.3, 0.4) is 0 Å². The van der Waals surface area contributed by atoms with Crippen LogP contribution in [0.2, 0.25) is 0 Å². The maximum absolute atomic E-state index is 13.5. The lowest BCUT2D eigenvalue weighted by Gasteiger charge is -2.38. The van der Waals surface area contributed by atoms with Gasteiger partial charge in [-0.3, -0.25) is 4.79 Å². The Balaban J connectivity index is 1.57. The number of benzene rings is 2. The number of aromatic nitrogens is 3. The first kappa shape index (κ1) is 22.7. The topological polar surface area (TPSA) is 69.0 Å². The van der Waals surface area contributed by atoms with Crippen molar-refractivity contribution >= 4 is 23.5 Å². The Bertz CT molecular complexity index is 1280. The van der Waals surface area contributed by atoms with Crippen molar-refractivity contribution < 1.29 is 9.53 Å². The van der Waals surface area contributed by atoms with Gasteiger partial charge in [0.15, 0.2) is 5.78 Å². The molecule has 3 aromatic rings. The molecule has 1 atom stereocenters. The smallest absolute Gasteiger partial charge is 0.227 e. The Kier molecular flexibility index (Phi) is 5.98. The molecular formula is C27H30N4O2S. The van der Waals surface area contributed by atoms with Gasteiger partial charge >= 0.3 is 0 Å². The number of carbonyl (C=O) groups excluding carboxylic acids is 1. The standard InChI is InChI=1S/C27H30N4O2S/c1-5-33-22-13-9-8-12-19(22)24-23-20(14-27(3,4)15-21(23)32)28-25-29-26(30-31(24)25)34-16-18-11-7-6-10-17(18)2/h6-13,24H,5,14-16H2,1-4H3,(H,28,29,30). The van der Waals surface area contributed by atoms with Gasteiger partial charge in [0.05, 0.1) is 6.61 Å². The number of anilines is 1. The highest BCUT2D eigenvalue weighted by molar-refractivity contribution is 7.98. The van der Waals surface area contributed by atoms with Crippen LogP contribution in [0.5, 0.6) is 5.75 Å². The fourth-order valence-electron chi connectivity index (χ4n) is 4.85. The zero-order valence-electron chi connectivity index (χ0n) is 20.1. The highest BCUT2D eigenvalue weighted by Gasteiger charge is 2.42. The predicted octanol–water partition coefficient (Wildman–Crippen LogP) is 5.94. The number of nitrogens with one attached hydrogen (secondary N) is 1. The van der Waals surface area contributed by atoms with Gasteiger partial charge in [0.1, 0.15) is 11.8 Å². The van der Waals surface area contributed by atoms with Crippen molar-refractivity contribution in [1.29, 1.82) is 0 Å². The van der Waals surface area contributed by atoms with Crippen molar-refractivity contribution in [2.45, 2.75) is 57.5 Å². The van der Waals surface area contributed by atoms with Gasteiger partial charge in [-0.25, -0.2) is 4.68 Å². The van der Waals surface area contributed by atoms with Gasteiger partial charge in [0.2, 0.25) is 11.1 Å². The van der Waals surface area contributed by atoms with Crippen LogP contribution in [0.25, 0.3) is 0 Å². The van der Waals surface area contributed by atoms with Crippen molar-refractivity contribution in [2.24, 2.45) is 5.41 Å². The van der Waals surface area contributed by atoms with Crippen molar-refractivity contribution in [2.75, 3.05) is 11.9 Å². The lowest BCUT2D eigenvalue weighted by Crippen LogP contribution is -2.36. The number of hydrogen-bond acceptors (Lipinski definition) is 6. The monoisotopic (exact) mass is 474 g/mol. The average molecular weight is 475 g/mol. The Morgan fingerprint density at radius 3 is 2.71 bits per heavy atom. The van der Waals surface area contributed by atoms with E-state index in [0.29, 0.717) is 24.1 Å². The molecule has 6 nitrogen and oxygen atoms in total. The molecule has 0 radical (unpaired) electrons. The van der Waals surface area contributed by atoms with Gasteiger partial charge < -0.3 is 10.1 Å². The van der Waals surface area contributed by atoms with Crippen LogP contribution in [-0.2, 0) is 10.5 Å². The molecule has 1 aliphatic heterocycles. The van der Waals surface area contributed by atoms with E-state index in [1.54, 1.807) is 11.8 Å². The maximum Gasteiger partial charge on any atom is 0.227 e. The first-order valence-corrected chi connectivity index (χ1v) is 12.7. The van der Waals surface area contributed by atoms with E-state index < -0.39 is 0 Å². The summed E-state index contributed by atoms with van der Waals surface area (Å²) in [6.07, 6.45) is 1.31. The first-order valence-electron chi connectivity index (χ1n) is 11.7. The van der Waals surface area contributed by atoms with E-state index in [1.165, 1.54) is 11.1 Å². The summed E-state index contributed by atoms with van der Waals surface area (Å²) in [4.78, 5) is 18.3. The zero-order valence-corrected chi connectivity index (χ0v) is 20.9. The largest absolute Gasteiger partial charge is 0.494 e. The van der Waals surface area contributed by atoms with E-state index in [1.807, 2.05) is 35.9 Å². The minimum absolute atomic E-state index is 0.0997. The lowest BCUT2D eigenvalue weighted by molar-refractivity contribution is -0.118. The number of hydrogen-bond donors (Lipinski definition) is 1. The third-order valence-corrected chi connectivity index (χ3v) is 7.33. The fourth-order valence-corrected chi connectivity index (χ4v) is 5.75. The van der Waals surface area contributed by atoms with Crippen LogP contribution in [0.1, 0.15) is 56.3 Å². The molecule has 0 spiro atoms. The molecule has 0 amide bonds. The third kappa shape index (κ3) is 4.25. The summed E-state index contributed by atoms with van der Waals surface area (Å²) in [5.74, 6) is 2.39. The Morgan fingerprint density at radius 1 is 1.15 bits per heavy atom. The van der Waals surface area contributed by atoms with E-state index in [2.05, 4.69) is 50.4 Å². The van der Waals surface area contributed by atoms with Crippen LogP contribution < -0.4 is 10.1 Å². The van der Waals surface area contributed by atoms with Gasteiger partial charge in [0, 0.05) is 29.0 Å². The molecule has 1 aromatic heterocycles. The van der Waals surface area contributed by atoms with Crippen LogP contribution in [0.15, 0.2) is 65.0 Å². The summed E-state index contributed by atoms with van der Waals surface area (Å²) >= 11 is 1.61. The molecule has 0 saturated carbocycles. The number of allylic oxidation sites excluding steroid dienone is 2. The number of carbonyl (C=O) groups is 1. The van der Waals surface area contributed by atoms with Gasteiger partial charge in [0.25, 0.3) is 0 Å². The van der Waals surface area contributed by atoms with E-state index in [-0.39, 0.29) is 17.2 Å². The number of ketones is 1. The lowest BCUT2D eigenvalue weighted by atomic mass is 9.73. The van der Waals surface area contributed by atoms with Crippen LogP contribution >= 0.6 is 11.8 Å². The second-order valence-corrected chi connectivity index (χ2v) is 10.7. The van der Waals surface area contributed by atoms with Gasteiger partial charge in [-0.05, 0) is 42.9 Å². The van der Waals surface area contributed by atoms with E-state index in [4.69, 9.17) is 14.8 Å². The fraction of sp³-hybridized carbons (Fsp3) is 0.370. The number of Topliss-reactive ketones (excluding diaryl/α,β-unsaturated/α-hetero) is 1. The normalized spacial score (nSPS) is 18.8. The molecule has 2 heterocycles. The summed E-state index contributed by atoms with van der Waals surface area (Å²) in [5, 5.41) is 9.03. The number of thioether (sulfide) groups is 1. The van der Waals surface area contributed by atoms with E-state index in [9.17, 15) is 4.79 Å². The van der Waals surface area contributed by atoms with Crippen molar-refractivity contribution in [3.05, 3.63) is 76.5 Å². The molecule has 5 rings (SSSR count). The van der Waals surface area contributed by atoms with Crippen LogP contribution in [0.4, 0.5) is 5.95 Å². The molecule has 0 saturated heterocycles. The third-order valence-electron chi connectivity index (χ3n) is 6.44. The molecule has 2 aliphatic rings. The minimum atomic E-state index is -0.363. The zero-order chi connectivity index (χ0) is 23.9. The highest BCUT2D eigenvalue weighted by Crippen LogP contribution is 2.47. The number of nitrogens with zero attached hydrogens (tertiary/aromatic N) is 3. The molecule has 0 bridgehead atoms. The number of para-hydroxylation sites is 1. The number of aryl methyl sites for hydroxylation is 1. The molecule has 0 fully saturated rings. The van der Waals surface area contributed by atoms with Crippen molar-refractivity contribution in [3.8, 4) is 5.75 Å². The van der Waals surface area contributed by atoms with Crippen LogP contribution in [0, 0.1) is 12.3 Å². The predicted molar refractivity (Wildman–Crippen MR) is 135 cm³/mol. The average Bonchev–Trinajstić information content (AvgIpc) is 3.19. The summed E-state index contributed by atoms with van der Waals surface area (Å²) in [6, 6.07) is 15.9. The van der Waals surface area contributed by atoms with Gasteiger partial charge in [-0.2, -0.15) is 4.98 Å². The molecule has 34 heavy (non-hydrogen) atoms. The number of rotatable bonds is 6. The van der Waals surface area contributed by atoms with Crippen molar-refractivity contribution in [3.63, 3.8) is 0 Å². The molecule has 7 heteroatoms. The van der Waals surface area contributed by atoms with E-state index in [0.717, 1.165) is 34.8 Å². The van der Waals surface area contributed by atoms with E-state index >= 15 is 0 Å². The summed E-state index contributed by atoms with van der Waals surface area (Å²) in [6.45, 7) is 8.93. The second-order valence-electron chi connectivity index (χ2n) is 9.71. The maximum atomic E-state index is 13.5. The Morgan fingerprint density at radius 2 is 1.91 bits per heavy atom. The number of ether oxygens (including phenoxy) is 1. The summed E-state index contributed by atoms with van der Waals surface area (Å²) < 4.78 is 7.83. The SMILES string of the molecule is CCOc1ccccc1C1C2=C(CC(C)(C)CC2=O)Nc2nc(SCc3ccccc3C)nn21. The summed E-state index contributed by atoms with van der Waals surface area (Å²) in [7, 11) is 0. The van der Waals surface area contributed by atoms with Gasteiger partial charge in [-0.1, -0.05) is 68.1 Å². The summed E-state index contributed by atoms with van der Waals surface area (Å²) in [5.41, 5.74) is 5.09. The Hall–Kier alpha value is -3.06. The Labute approximate surface area is 204 Å². The molecule has 176 valence electrons.